The van der Waals surface area contributed by atoms with Crippen LogP contribution in [0.4, 0.5) is 0 Å². The van der Waals surface area contributed by atoms with Crippen LogP contribution in [0.5, 0.6) is 5.75 Å². The number of nitrogens with zero attached hydrogens (tertiary/aromatic N) is 1. The number of halogens is 5. The lowest BCUT2D eigenvalue weighted by molar-refractivity contribution is 0.302. The Morgan fingerprint density at radius 3 is 2.28 bits per heavy atom. The molecule has 2 nitrogen and oxygen atoms in total. The molecule has 0 saturated carbocycles. The summed E-state index contributed by atoms with van der Waals surface area (Å²) in [6.07, 6.45) is 1.84. The highest BCUT2D eigenvalue weighted by atomic mass is 127. The van der Waals surface area contributed by atoms with Gasteiger partial charge in [-0.3, -0.25) is 0 Å². The number of benzene rings is 3. The Bertz CT molecular complexity index is 1100. The van der Waals surface area contributed by atoms with Gasteiger partial charge in [0, 0.05) is 19.2 Å². The number of nitriles is 1. The van der Waals surface area contributed by atoms with Crippen LogP contribution < -0.4 is 4.74 Å². The zero-order valence-corrected chi connectivity index (χ0v) is 21.6. The van der Waals surface area contributed by atoms with Gasteiger partial charge in [0.1, 0.15) is 12.4 Å². The fourth-order valence-electron chi connectivity index (χ4n) is 2.57. The van der Waals surface area contributed by atoms with Crippen molar-refractivity contribution in [1.82, 2.24) is 0 Å². The Balaban J connectivity index is 1.85. The third kappa shape index (κ3) is 5.99. The van der Waals surface area contributed by atoms with E-state index in [-0.39, 0.29) is 0 Å². The molecule has 0 fully saturated rings. The third-order valence-corrected chi connectivity index (χ3v) is 6.48. The first kappa shape index (κ1) is 22.6. The number of hydrogen-bond donors (Lipinski definition) is 0. The summed E-state index contributed by atoms with van der Waals surface area (Å²) < 4.78 is 8.61. The van der Waals surface area contributed by atoms with Gasteiger partial charge in [0.05, 0.1) is 20.6 Å². The minimum absolute atomic E-state index is 0.300. The minimum atomic E-state index is 0.300. The fraction of sp³-hybridized carbons (Fsp3) is 0.0455. The van der Waals surface area contributed by atoms with Crippen LogP contribution in [0, 0.1) is 14.9 Å². The van der Waals surface area contributed by atoms with Crippen LogP contribution in [0.2, 0.25) is 10.0 Å². The van der Waals surface area contributed by atoms with Crippen molar-refractivity contribution in [3.8, 4) is 11.8 Å². The van der Waals surface area contributed by atoms with Crippen LogP contribution in [0.25, 0.3) is 11.6 Å². The molecule has 0 spiro atoms. The summed E-state index contributed by atoms with van der Waals surface area (Å²) in [5, 5.41) is 10.7. The van der Waals surface area contributed by atoms with Crippen LogP contribution in [0.3, 0.4) is 0 Å². The van der Waals surface area contributed by atoms with Gasteiger partial charge in [-0.2, -0.15) is 5.26 Å². The van der Waals surface area contributed by atoms with Crippen molar-refractivity contribution >= 4 is 89.3 Å². The summed E-state index contributed by atoms with van der Waals surface area (Å²) in [7, 11) is 0. The summed E-state index contributed by atoms with van der Waals surface area (Å²) >= 11 is 21.5. The molecule has 0 N–H and O–H groups in total. The topological polar surface area (TPSA) is 33.0 Å². The molecule has 0 radical (unpaired) electrons. The first-order valence-corrected chi connectivity index (χ1v) is 11.7. The molecule has 0 atom stereocenters. The molecule has 0 aliphatic heterocycles. The average molecular weight is 664 g/mol. The van der Waals surface area contributed by atoms with Crippen molar-refractivity contribution in [3.05, 3.63) is 93.8 Å². The van der Waals surface area contributed by atoms with E-state index in [1.54, 1.807) is 12.1 Å². The summed E-state index contributed by atoms with van der Waals surface area (Å²) in [4.78, 5) is 0. The molecule has 3 aromatic rings. The Morgan fingerprint density at radius 1 is 1.03 bits per heavy atom. The molecule has 29 heavy (non-hydrogen) atoms. The highest BCUT2D eigenvalue weighted by Gasteiger charge is 2.11. The van der Waals surface area contributed by atoms with Gasteiger partial charge in [-0.05, 0) is 108 Å². The van der Waals surface area contributed by atoms with Crippen LogP contribution in [0.15, 0.2) is 63.5 Å². The van der Waals surface area contributed by atoms with Gasteiger partial charge in [0.15, 0.2) is 0 Å². The normalized spacial score (nSPS) is 11.2. The molecular formula is C22H12Br2Cl2INO. The molecule has 0 unspecified atom stereocenters. The lowest BCUT2D eigenvalue weighted by Crippen LogP contribution is -1.98. The highest BCUT2D eigenvalue weighted by molar-refractivity contribution is 14.1. The Kier molecular flexibility index (Phi) is 8.06. The predicted molar refractivity (Wildman–Crippen MR) is 135 cm³/mol. The van der Waals surface area contributed by atoms with Gasteiger partial charge in [-0.25, -0.2) is 0 Å². The van der Waals surface area contributed by atoms with Crippen molar-refractivity contribution in [1.29, 1.82) is 5.26 Å². The van der Waals surface area contributed by atoms with E-state index in [2.05, 4.69) is 60.5 Å². The van der Waals surface area contributed by atoms with E-state index in [0.29, 0.717) is 28.0 Å². The van der Waals surface area contributed by atoms with Crippen LogP contribution >= 0.6 is 77.7 Å². The number of allylic oxidation sites excluding steroid dienone is 1. The maximum atomic E-state index is 9.57. The van der Waals surface area contributed by atoms with Crippen molar-refractivity contribution in [3.63, 3.8) is 0 Å². The first-order chi connectivity index (χ1) is 13.9. The summed E-state index contributed by atoms with van der Waals surface area (Å²) in [5.74, 6) is 0.654. The molecule has 3 aromatic carbocycles. The lowest BCUT2D eigenvalue weighted by atomic mass is 10.0. The zero-order valence-electron chi connectivity index (χ0n) is 14.7. The van der Waals surface area contributed by atoms with E-state index >= 15 is 0 Å². The SMILES string of the molecule is N#C/C(=C/c1cc(Br)c(OCc2ccc(Cl)cc2Cl)c(Br)c1)c1ccc(I)cc1. The summed E-state index contributed by atoms with van der Waals surface area (Å²) in [5.41, 5.74) is 3.17. The molecule has 3 rings (SSSR count). The van der Waals surface area contributed by atoms with Gasteiger partial charge < -0.3 is 4.74 Å². The lowest BCUT2D eigenvalue weighted by Gasteiger charge is -2.12. The van der Waals surface area contributed by atoms with Crippen molar-refractivity contribution in [2.45, 2.75) is 6.61 Å². The number of rotatable bonds is 5. The van der Waals surface area contributed by atoms with E-state index in [9.17, 15) is 5.26 Å². The van der Waals surface area contributed by atoms with E-state index < -0.39 is 0 Å². The second-order valence-corrected chi connectivity index (χ2v) is 9.81. The molecule has 0 bridgehead atoms. The summed E-state index contributed by atoms with van der Waals surface area (Å²) in [6.45, 7) is 0.300. The van der Waals surface area contributed by atoms with Crippen molar-refractivity contribution in [2.24, 2.45) is 0 Å². The Hall–Kier alpha value is -1.04. The quantitative estimate of drug-likeness (QED) is 0.155. The molecule has 0 aliphatic carbocycles. The highest BCUT2D eigenvalue weighted by Crippen LogP contribution is 2.37. The smallest absolute Gasteiger partial charge is 0.148 e. The average Bonchev–Trinajstić information content (AvgIpc) is 2.67. The van der Waals surface area contributed by atoms with Crippen molar-refractivity contribution in [2.75, 3.05) is 0 Å². The molecule has 7 heteroatoms. The molecule has 0 aliphatic rings. The molecular weight excluding hydrogens is 652 g/mol. The predicted octanol–water partition coefficient (Wildman–Crippen LogP) is 8.77. The van der Waals surface area contributed by atoms with Crippen LogP contribution in [0.1, 0.15) is 16.7 Å². The van der Waals surface area contributed by atoms with Gasteiger partial charge >= 0.3 is 0 Å². The minimum Gasteiger partial charge on any atom is -0.486 e. The molecule has 146 valence electrons. The second-order valence-electron chi connectivity index (χ2n) is 6.01. The molecule has 0 heterocycles. The van der Waals surface area contributed by atoms with E-state index in [1.165, 1.54) is 0 Å². The molecule has 0 saturated heterocycles. The van der Waals surface area contributed by atoms with E-state index in [4.69, 9.17) is 27.9 Å². The maximum Gasteiger partial charge on any atom is 0.148 e. The Morgan fingerprint density at radius 2 is 1.69 bits per heavy atom. The van der Waals surface area contributed by atoms with Crippen molar-refractivity contribution < 1.29 is 4.74 Å². The third-order valence-electron chi connectivity index (χ3n) is 3.99. The first-order valence-electron chi connectivity index (χ1n) is 8.31. The molecule has 0 aromatic heterocycles. The monoisotopic (exact) mass is 661 g/mol. The van der Waals surface area contributed by atoms with Crippen LogP contribution in [-0.4, -0.2) is 0 Å². The van der Waals surface area contributed by atoms with Gasteiger partial charge in [0.2, 0.25) is 0 Å². The number of ether oxygens (including phenoxy) is 1. The molecule has 0 amide bonds. The van der Waals surface area contributed by atoms with E-state index in [0.717, 1.165) is 29.2 Å². The van der Waals surface area contributed by atoms with Gasteiger partial charge in [-0.1, -0.05) is 41.4 Å². The van der Waals surface area contributed by atoms with Gasteiger partial charge in [0.25, 0.3) is 0 Å². The number of hydrogen-bond acceptors (Lipinski definition) is 2. The summed E-state index contributed by atoms with van der Waals surface area (Å²) in [6, 6.07) is 19.2. The van der Waals surface area contributed by atoms with Gasteiger partial charge in [-0.15, -0.1) is 0 Å². The fourth-order valence-corrected chi connectivity index (χ4v) is 4.84. The largest absolute Gasteiger partial charge is 0.486 e. The standard InChI is InChI=1S/C22H12Br2Cl2INO/c23-19-8-13(7-16(11-28)14-2-5-18(27)6-3-14)9-20(24)22(19)29-12-15-1-4-17(25)10-21(15)26/h1-10H,12H2/b16-7-. The Labute approximate surface area is 209 Å². The maximum absolute atomic E-state index is 9.57. The van der Waals surface area contributed by atoms with E-state index in [1.807, 2.05) is 48.5 Å². The second kappa shape index (κ2) is 10.3. The zero-order chi connectivity index (χ0) is 21.0. The van der Waals surface area contributed by atoms with Crippen LogP contribution in [-0.2, 0) is 6.61 Å².